The van der Waals surface area contributed by atoms with Crippen LogP contribution in [0.1, 0.15) is 19.3 Å². The van der Waals surface area contributed by atoms with Crippen LogP contribution in [-0.2, 0) is 4.79 Å². The van der Waals surface area contributed by atoms with Crippen LogP contribution in [0.15, 0.2) is 0 Å². The third-order valence-electron chi connectivity index (χ3n) is 1.79. The summed E-state index contributed by atoms with van der Waals surface area (Å²) in [6.45, 7) is 1.04. The molecule has 0 aliphatic heterocycles. The van der Waals surface area contributed by atoms with Gasteiger partial charge >= 0.3 is 0 Å². The zero-order chi connectivity index (χ0) is 10.1. The summed E-state index contributed by atoms with van der Waals surface area (Å²) in [5, 5.41) is 11.4. The smallest absolute Gasteiger partial charge is 0.234 e. The molecule has 0 rings (SSSR count). The third kappa shape index (κ3) is 6.51. The second kappa shape index (κ2) is 7.97. The first-order chi connectivity index (χ1) is 6.22. The van der Waals surface area contributed by atoms with E-state index in [2.05, 4.69) is 5.32 Å². The quantitative estimate of drug-likeness (QED) is 0.351. The number of nitrogens with one attached hydrogen (secondary N) is 1. The molecule has 6 N–H and O–H groups in total. The van der Waals surface area contributed by atoms with Gasteiger partial charge in [0.1, 0.15) is 0 Å². The average molecular weight is 189 g/mol. The van der Waals surface area contributed by atoms with Gasteiger partial charge in [-0.05, 0) is 19.4 Å². The van der Waals surface area contributed by atoms with E-state index < -0.39 is 0 Å². The number of nitrogens with two attached hydrogens (primary N) is 2. The van der Waals surface area contributed by atoms with Gasteiger partial charge in [0.2, 0.25) is 5.91 Å². The average Bonchev–Trinajstić information content (AvgIpc) is 2.10. The largest absolute Gasteiger partial charge is 0.395 e. The van der Waals surface area contributed by atoms with Gasteiger partial charge in [0.15, 0.2) is 0 Å². The van der Waals surface area contributed by atoms with Crippen LogP contribution in [0.25, 0.3) is 0 Å². The molecule has 0 unspecified atom stereocenters. The SMILES string of the molecule is NCCCC[C@H](NCCO)C(N)=O. The molecule has 0 heterocycles. The van der Waals surface area contributed by atoms with E-state index in [-0.39, 0.29) is 18.6 Å². The van der Waals surface area contributed by atoms with Crippen molar-refractivity contribution in [2.24, 2.45) is 11.5 Å². The van der Waals surface area contributed by atoms with Gasteiger partial charge in [0.25, 0.3) is 0 Å². The monoisotopic (exact) mass is 189 g/mol. The molecule has 0 aromatic heterocycles. The Bertz CT molecular complexity index is 141. The molecule has 1 atom stereocenters. The summed E-state index contributed by atoms with van der Waals surface area (Å²) >= 11 is 0. The number of carbonyl (C=O) groups is 1. The van der Waals surface area contributed by atoms with Crippen LogP contribution in [-0.4, -0.2) is 36.8 Å². The maximum absolute atomic E-state index is 10.8. The number of rotatable bonds is 8. The first kappa shape index (κ1) is 12.3. The summed E-state index contributed by atoms with van der Waals surface area (Å²) in [6.07, 6.45) is 2.46. The fraction of sp³-hybridized carbons (Fsp3) is 0.875. The van der Waals surface area contributed by atoms with Gasteiger partial charge in [-0.3, -0.25) is 4.79 Å². The molecule has 5 heteroatoms. The predicted molar refractivity (Wildman–Crippen MR) is 51.0 cm³/mol. The second-order valence-corrected chi connectivity index (χ2v) is 2.92. The van der Waals surface area contributed by atoms with Gasteiger partial charge < -0.3 is 21.9 Å². The van der Waals surface area contributed by atoms with E-state index in [1.54, 1.807) is 0 Å². The van der Waals surface area contributed by atoms with E-state index in [1.165, 1.54) is 0 Å². The Kier molecular flexibility index (Phi) is 7.57. The Balaban J connectivity index is 3.61. The van der Waals surface area contributed by atoms with Crippen molar-refractivity contribution >= 4 is 5.91 Å². The third-order valence-corrected chi connectivity index (χ3v) is 1.79. The minimum atomic E-state index is -0.370. The lowest BCUT2D eigenvalue weighted by atomic mass is 10.1. The molecule has 0 radical (unpaired) electrons. The molecular weight excluding hydrogens is 170 g/mol. The minimum absolute atomic E-state index is 0.0146. The highest BCUT2D eigenvalue weighted by Gasteiger charge is 2.12. The highest BCUT2D eigenvalue weighted by molar-refractivity contribution is 5.79. The fourth-order valence-corrected chi connectivity index (χ4v) is 1.08. The molecule has 0 spiro atoms. The van der Waals surface area contributed by atoms with E-state index in [1.807, 2.05) is 0 Å². The topological polar surface area (TPSA) is 101 Å². The van der Waals surface area contributed by atoms with Crippen LogP contribution in [0.3, 0.4) is 0 Å². The normalized spacial score (nSPS) is 12.8. The zero-order valence-electron chi connectivity index (χ0n) is 7.83. The molecule has 0 aliphatic carbocycles. The van der Waals surface area contributed by atoms with Gasteiger partial charge in [-0.2, -0.15) is 0 Å². The number of aliphatic hydroxyl groups excluding tert-OH is 1. The summed E-state index contributed by atoms with van der Waals surface area (Å²) in [5.41, 5.74) is 10.5. The Morgan fingerprint density at radius 1 is 1.46 bits per heavy atom. The van der Waals surface area contributed by atoms with Crippen LogP contribution in [0.2, 0.25) is 0 Å². The summed E-state index contributed by atoms with van der Waals surface area (Å²) < 4.78 is 0. The van der Waals surface area contributed by atoms with Gasteiger partial charge in [-0.15, -0.1) is 0 Å². The molecule has 0 aromatic rings. The van der Waals surface area contributed by atoms with Crippen molar-refractivity contribution in [1.82, 2.24) is 5.32 Å². The Labute approximate surface area is 78.5 Å². The van der Waals surface area contributed by atoms with Gasteiger partial charge in [-0.25, -0.2) is 0 Å². The number of unbranched alkanes of at least 4 members (excludes halogenated alkanes) is 1. The number of carbonyl (C=O) groups excluding carboxylic acids is 1. The van der Waals surface area contributed by atoms with Crippen LogP contribution in [0, 0.1) is 0 Å². The summed E-state index contributed by atoms with van der Waals surface area (Å²) in [5.74, 6) is -0.370. The molecule has 0 saturated carbocycles. The van der Waals surface area contributed by atoms with Crippen LogP contribution >= 0.6 is 0 Å². The van der Waals surface area contributed by atoms with Crippen LogP contribution in [0.4, 0.5) is 0 Å². The van der Waals surface area contributed by atoms with Gasteiger partial charge in [-0.1, -0.05) is 6.42 Å². The molecule has 1 amide bonds. The molecule has 5 nitrogen and oxygen atoms in total. The molecular formula is C8H19N3O2. The molecule has 0 aliphatic rings. The molecule has 0 aromatic carbocycles. The van der Waals surface area contributed by atoms with Crippen molar-refractivity contribution in [3.8, 4) is 0 Å². The number of amides is 1. The number of primary amides is 1. The standard InChI is InChI=1S/C8H19N3O2/c9-4-2-1-3-7(8(10)13)11-5-6-12/h7,11-12H,1-6,9H2,(H2,10,13)/t7-/m0/s1. The molecule has 78 valence electrons. The van der Waals surface area contributed by atoms with Crippen molar-refractivity contribution < 1.29 is 9.90 Å². The van der Waals surface area contributed by atoms with E-state index >= 15 is 0 Å². The predicted octanol–water partition coefficient (Wildman–Crippen LogP) is -1.45. The molecule has 0 fully saturated rings. The Hall–Kier alpha value is -0.650. The maximum atomic E-state index is 10.8. The van der Waals surface area contributed by atoms with Crippen molar-refractivity contribution in [2.75, 3.05) is 19.7 Å². The lowest BCUT2D eigenvalue weighted by Gasteiger charge is -2.13. The lowest BCUT2D eigenvalue weighted by Crippen LogP contribution is -2.42. The summed E-state index contributed by atoms with van der Waals surface area (Å²) in [6, 6.07) is -0.335. The zero-order valence-corrected chi connectivity index (χ0v) is 7.83. The number of aliphatic hydroxyl groups is 1. The highest BCUT2D eigenvalue weighted by Crippen LogP contribution is 1.99. The van der Waals surface area contributed by atoms with E-state index in [0.717, 1.165) is 12.8 Å². The molecule has 0 saturated heterocycles. The number of hydrogen-bond acceptors (Lipinski definition) is 4. The van der Waals surface area contributed by atoms with Crippen molar-refractivity contribution in [3.05, 3.63) is 0 Å². The number of hydrogen-bond donors (Lipinski definition) is 4. The minimum Gasteiger partial charge on any atom is -0.395 e. The van der Waals surface area contributed by atoms with Crippen molar-refractivity contribution in [1.29, 1.82) is 0 Å². The highest BCUT2D eigenvalue weighted by atomic mass is 16.3. The van der Waals surface area contributed by atoms with E-state index in [4.69, 9.17) is 16.6 Å². The van der Waals surface area contributed by atoms with Crippen LogP contribution < -0.4 is 16.8 Å². The Morgan fingerprint density at radius 3 is 2.62 bits per heavy atom. The summed E-state index contributed by atoms with van der Waals surface area (Å²) in [7, 11) is 0. The van der Waals surface area contributed by atoms with Crippen molar-refractivity contribution in [2.45, 2.75) is 25.3 Å². The molecule has 0 bridgehead atoms. The first-order valence-electron chi connectivity index (χ1n) is 4.56. The van der Waals surface area contributed by atoms with Gasteiger partial charge in [0.05, 0.1) is 12.6 Å². The molecule has 13 heavy (non-hydrogen) atoms. The fourth-order valence-electron chi connectivity index (χ4n) is 1.08. The first-order valence-corrected chi connectivity index (χ1v) is 4.56. The summed E-state index contributed by atoms with van der Waals surface area (Å²) in [4.78, 5) is 10.8. The maximum Gasteiger partial charge on any atom is 0.234 e. The lowest BCUT2D eigenvalue weighted by molar-refractivity contribution is -0.120. The van der Waals surface area contributed by atoms with Crippen molar-refractivity contribution in [3.63, 3.8) is 0 Å². The van der Waals surface area contributed by atoms with Gasteiger partial charge in [0, 0.05) is 6.54 Å². The van der Waals surface area contributed by atoms with Crippen LogP contribution in [0.5, 0.6) is 0 Å². The Morgan fingerprint density at radius 2 is 2.15 bits per heavy atom. The van der Waals surface area contributed by atoms with E-state index in [9.17, 15) is 4.79 Å². The second-order valence-electron chi connectivity index (χ2n) is 2.92. The van der Waals surface area contributed by atoms with E-state index in [0.29, 0.717) is 19.5 Å².